The molecule has 0 N–H and O–H groups in total. The molecule has 2 atom stereocenters. The van der Waals surface area contributed by atoms with Gasteiger partial charge in [-0.1, -0.05) is 30.3 Å². The van der Waals surface area contributed by atoms with Gasteiger partial charge in [0.15, 0.2) is 6.61 Å². The number of rotatable bonds is 4. The molecule has 1 saturated heterocycles. The molecule has 1 amide bonds. The molecule has 0 unspecified atom stereocenters. The number of likely N-dealkylation sites (tertiary alicyclic amines) is 1. The van der Waals surface area contributed by atoms with Crippen LogP contribution in [-0.2, 0) is 14.3 Å². The van der Waals surface area contributed by atoms with E-state index in [-0.39, 0.29) is 25.0 Å². The van der Waals surface area contributed by atoms with E-state index in [0.717, 1.165) is 5.56 Å². The second kappa shape index (κ2) is 6.20. The third-order valence-corrected chi connectivity index (χ3v) is 3.52. The molecular weight excluding hydrogens is 256 g/mol. The van der Waals surface area contributed by atoms with Gasteiger partial charge in [0.05, 0.1) is 12.0 Å². The number of hydrogen-bond donors (Lipinski definition) is 0. The summed E-state index contributed by atoms with van der Waals surface area (Å²) < 4.78 is 4.78. The minimum absolute atomic E-state index is 0.0553. The van der Waals surface area contributed by atoms with Gasteiger partial charge < -0.3 is 9.64 Å². The van der Waals surface area contributed by atoms with Crippen LogP contribution in [0.2, 0.25) is 0 Å². The van der Waals surface area contributed by atoms with Crippen molar-refractivity contribution in [3.8, 4) is 6.07 Å². The largest absolute Gasteiger partial charge is 0.450 e. The standard InChI is InChI=1S/C15H16N2O3/c1-11(12-5-3-2-4-6-12)17-10-13(9-14(17)18)15(19)20-8-7-16/h2-6,11,13H,8-10H2,1H3/t11-,13+/m1/s1. The molecule has 1 fully saturated rings. The molecule has 0 aromatic heterocycles. The minimum Gasteiger partial charge on any atom is -0.450 e. The van der Waals surface area contributed by atoms with Crippen LogP contribution in [0.4, 0.5) is 0 Å². The molecule has 104 valence electrons. The lowest BCUT2D eigenvalue weighted by molar-refractivity contribution is -0.146. The Morgan fingerprint density at radius 2 is 2.20 bits per heavy atom. The van der Waals surface area contributed by atoms with Crippen LogP contribution in [0.3, 0.4) is 0 Å². The molecule has 5 heteroatoms. The highest BCUT2D eigenvalue weighted by molar-refractivity contribution is 5.87. The highest BCUT2D eigenvalue weighted by Gasteiger charge is 2.37. The van der Waals surface area contributed by atoms with Gasteiger partial charge in [-0.25, -0.2) is 0 Å². The second-order valence-electron chi connectivity index (χ2n) is 4.80. The Labute approximate surface area is 117 Å². The number of amides is 1. The predicted molar refractivity (Wildman–Crippen MR) is 71.2 cm³/mol. The van der Waals surface area contributed by atoms with Crippen molar-refractivity contribution in [2.24, 2.45) is 5.92 Å². The van der Waals surface area contributed by atoms with E-state index >= 15 is 0 Å². The summed E-state index contributed by atoms with van der Waals surface area (Å²) >= 11 is 0. The zero-order chi connectivity index (χ0) is 14.5. The van der Waals surface area contributed by atoms with Crippen molar-refractivity contribution in [3.05, 3.63) is 35.9 Å². The number of carbonyl (C=O) groups excluding carboxylic acids is 2. The van der Waals surface area contributed by atoms with Gasteiger partial charge in [-0.15, -0.1) is 0 Å². The molecule has 0 spiro atoms. The minimum atomic E-state index is -0.470. The van der Waals surface area contributed by atoms with E-state index in [1.807, 2.05) is 37.3 Å². The van der Waals surface area contributed by atoms with Crippen molar-refractivity contribution in [1.29, 1.82) is 5.26 Å². The molecular formula is C15H16N2O3. The summed E-state index contributed by atoms with van der Waals surface area (Å²) in [6.07, 6.45) is 0.154. The summed E-state index contributed by atoms with van der Waals surface area (Å²) in [5.74, 6) is -0.995. The van der Waals surface area contributed by atoms with Crippen LogP contribution in [0.1, 0.15) is 24.9 Å². The first-order valence-corrected chi connectivity index (χ1v) is 6.51. The molecule has 0 bridgehead atoms. The van der Waals surface area contributed by atoms with Crippen molar-refractivity contribution >= 4 is 11.9 Å². The average Bonchev–Trinajstić information content (AvgIpc) is 2.87. The highest BCUT2D eigenvalue weighted by Crippen LogP contribution is 2.28. The summed E-state index contributed by atoms with van der Waals surface area (Å²) in [4.78, 5) is 25.4. The van der Waals surface area contributed by atoms with E-state index in [4.69, 9.17) is 10.00 Å². The Kier molecular flexibility index (Phi) is 4.36. The lowest BCUT2D eigenvalue weighted by Crippen LogP contribution is -2.29. The lowest BCUT2D eigenvalue weighted by Gasteiger charge is -2.25. The molecule has 0 saturated carbocycles. The van der Waals surface area contributed by atoms with Crippen LogP contribution < -0.4 is 0 Å². The molecule has 2 rings (SSSR count). The van der Waals surface area contributed by atoms with Gasteiger partial charge >= 0.3 is 5.97 Å². The number of nitriles is 1. The molecule has 5 nitrogen and oxygen atoms in total. The zero-order valence-electron chi connectivity index (χ0n) is 11.3. The maximum atomic E-state index is 12.0. The first-order valence-electron chi connectivity index (χ1n) is 6.51. The Balaban J connectivity index is 2.03. The van der Waals surface area contributed by atoms with Crippen LogP contribution in [0.15, 0.2) is 30.3 Å². The van der Waals surface area contributed by atoms with Gasteiger partial charge in [-0.2, -0.15) is 5.26 Å². The molecule has 1 aliphatic heterocycles. The first-order chi connectivity index (χ1) is 9.63. The SMILES string of the molecule is C[C@H](c1ccccc1)N1C[C@@H](C(=O)OCC#N)CC1=O. The number of carbonyl (C=O) groups is 2. The van der Waals surface area contributed by atoms with E-state index in [2.05, 4.69) is 0 Å². The third kappa shape index (κ3) is 2.97. The van der Waals surface area contributed by atoms with E-state index in [9.17, 15) is 9.59 Å². The lowest BCUT2D eigenvalue weighted by atomic mass is 10.1. The van der Waals surface area contributed by atoms with Gasteiger partial charge in [0.2, 0.25) is 5.91 Å². The normalized spacial score (nSPS) is 19.5. The zero-order valence-corrected chi connectivity index (χ0v) is 11.3. The van der Waals surface area contributed by atoms with E-state index in [1.165, 1.54) is 0 Å². The molecule has 1 aromatic rings. The fraction of sp³-hybridized carbons (Fsp3) is 0.400. The molecule has 1 aliphatic rings. The first kappa shape index (κ1) is 14.1. The third-order valence-electron chi connectivity index (χ3n) is 3.52. The number of esters is 1. The van der Waals surface area contributed by atoms with Crippen molar-refractivity contribution in [1.82, 2.24) is 4.90 Å². The van der Waals surface area contributed by atoms with Gasteiger partial charge in [-0.05, 0) is 12.5 Å². The van der Waals surface area contributed by atoms with E-state index in [0.29, 0.717) is 6.54 Å². The van der Waals surface area contributed by atoms with Gasteiger partial charge in [0, 0.05) is 13.0 Å². The molecule has 1 heterocycles. The molecule has 1 aromatic carbocycles. The maximum absolute atomic E-state index is 12.0. The van der Waals surface area contributed by atoms with Crippen molar-refractivity contribution in [2.45, 2.75) is 19.4 Å². The Bertz CT molecular complexity index is 536. The van der Waals surface area contributed by atoms with Crippen LogP contribution in [0.5, 0.6) is 0 Å². The van der Waals surface area contributed by atoms with Gasteiger partial charge in [0.25, 0.3) is 0 Å². The average molecular weight is 272 g/mol. The number of ether oxygens (including phenoxy) is 1. The predicted octanol–water partition coefficient (Wildman–Crippen LogP) is 1.66. The van der Waals surface area contributed by atoms with Crippen molar-refractivity contribution in [2.75, 3.05) is 13.2 Å². The van der Waals surface area contributed by atoms with Crippen molar-refractivity contribution in [3.63, 3.8) is 0 Å². The fourth-order valence-corrected chi connectivity index (χ4v) is 2.40. The maximum Gasteiger partial charge on any atom is 0.312 e. The number of hydrogen-bond acceptors (Lipinski definition) is 4. The topological polar surface area (TPSA) is 70.4 Å². The summed E-state index contributed by atoms with van der Waals surface area (Å²) in [5.41, 5.74) is 1.03. The monoisotopic (exact) mass is 272 g/mol. The van der Waals surface area contributed by atoms with E-state index in [1.54, 1.807) is 11.0 Å². The summed E-state index contributed by atoms with van der Waals surface area (Å²) in [6.45, 7) is 2.02. The quantitative estimate of drug-likeness (QED) is 0.782. The Hall–Kier alpha value is -2.35. The second-order valence-corrected chi connectivity index (χ2v) is 4.80. The highest BCUT2D eigenvalue weighted by atomic mass is 16.5. The smallest absolute Gasteiger partial charge is 0.312 e. The van der Waals surface area contributed by atoms with Crippen LogP contribution in [0, 0.1) is 17.2 Å². The summed E-state index contributed by atoms with van der Waals surface area (Å²) in [6, 6.07) is 11.4. The molecule has 0 radical (unpaired) electrons. The molecule has 20 heavy (non-hydrogen) atoms. The molecule has 0 aliphatic carbocycles. The Morgan fingerprint density at radius 1 is 1.50 bits per heavy atom. The van der Waals surface area contributed by atoms with Gasteiger partial charge in [-0.3, -0.25) is 9.59 Å². The summed E-state index contributed by atoms with van der Waals surface area (Å²) in [7, 11) is 0. The summed E-state index contributed by atoms with van der Waals surface area (Å²) in [5, 5.41) is 8.39. The van der Waals surface area contributed by atoms with Crippen molar-refractivity contribution < 1.29 is 14.3 Å². The fourth-order valence-electron chi connectivity index (χ4n) is 2.40. The van der Waals surface area contributed by atoms with E-state index < -0.39 is 11.9 Å². The van der Waals surface area contributed by atoms with Crippen LogP contribution in [-0.4, -0.2) is 29.9 Å². The van der Waals surface area contributed by atoms with Gasteiger partial charge in [0.1, 0.15) is 6.07 Å². The Morgan fingerprint density at radius 3 is 2.85 bits per heavy atom. The number of nitrogens with zero attached hydrogens (tertiary/aromatic N) is 2. The van der Waals surface area contributed by atoms with Crippen LogP contribution >= 0.6 is 0 Å². The van der Waals surface area contributed by atoms with Crippen LogP contribution in [0.25, 0.3) is 0 Å². The number of benzene rings is 1.